The maximum atomic E-state index is 5.51. The third kappa shape index (κ3) is 2.71. The molecule has 1 fully saturated rings. The Labute approximate surface area is 91.4 Å². The van der Waals surface area contributed by atoms with E-state index in [4.69, 9.17) is 4.42 Å². The molecule has 1 aromatic heterocycles. The van der Waals surface area contributed by atoms with Crippen LogP contribution in [0.15, 0.2) is 10.5 Å². The number of hydrogen-bond donors (Lipinski definition) is 0. The SMILES string of the molecule is Cc1nc(C=CC2CCCCC2)oc1C. The molecule has 0 amide bonds. The monoisotopic (exact) mass is 205 g/mol. The molecule has 15 heavy (non-hydrogen) atoms. The Bertz CT molecular complexity index is 326. The molecule has 0 spiro atoms. The summed E-state index contributed by atoms with van der Waals surface area (Å²) in [6.07, 6.45) is 11.1. The van der Waals surface area contributed by atoms with E-state index in [2.05, 4.69) is 11.1 Å². The molecule has 0 aromatic carbocycles. The Kier molecular flexibility index (Phi) is 3.24. The number of nitrogens with zero attached hydrogens (tertiary/aromatic N) is 1. The lowest BCUT2D eigenvalue weighted by molar-refractivity contribution is 0.420. The van der Waals surface area contributed by atoms with Crippen LogP contribution in [0.1, 0.15) is 49.4 Å². The second-order valence-electron chi connectivity index (χ2n) is 4.45. The van der Waals surface area contributed by atoms with Crippen molar-refractivity contribution in [2.24, 2.45) is 5.92 Å². The van der Waals surface area contributed by atoms with Gasteiger partial charge in [0.2, 0.25) is 5.89 Å². The fraction of sp³-hybridized carbons (Fsp3) is 0.615. The van der Waals surface area contributed by atoms with Gasteiger partial charge in [-0.1, -0.05) is 25.3 Å². The summed E-state index contributed by atoms with van der Waals surface area (Å²) in [5.74, 6) is 2.43. The van der Waals surface area contributed by atoms with Gasteiger partial charge in [0, 0.05) is 0 Å². The van der Waals surface area contributed by atoms with Crippen molar-refractivity contribution in [1.82, 2.24) is 4.98 Å². The van der Waals surface area contributed by atoms with E-state index in [1.165, 1.54) is 32.1 Å². The summed E-state index contributed by atoms with van der Waals surface area (Å²) in [6, 6.07) is 0. The smallest absolute Gasteiger partial charge is 0.218 e. The Balaban J connectivity index is 1.97. The maximum Gasteiger partial charge on any atom is 0.218 e. The van der Waals surface area contributed by atoms with Crippen molar-refractivity contribution in [2.45, 2.75) is 46.0 Å². The molecule has 0 atom stereocenters. The number of aryl methyl sites for hydroxylation is 2. The van der Waals surface area contributed by atoms with Gasteiger partial charge < -0.3 is 4.42 Å². The second kappa shape index (κ2) is 4.65. The third-order valence-electron chi connectivity index (χ3n) is 3.21. The van der Waals surface area contributed by atoms with E-state index in [0.29, 0.717) is 0 Å². The van der Waals surface area contributed by atoms with Crippen molar-refractivity contribution in [3.05, 3.63) is 23.4 Å². The number of hydrogen-bond acceptors (Lipinski definition) is 2. The van der Waals surface area contributed by atoms with Crippen LogP contribution in [0.3, 0.4) is 0 Å². The Morgan fingerprint density at radius 3 is 2.53 bits per heavy atom. The highest BCUT2D eigenvalue weighted by Gasteiger charge is 2.10. The zero-order chi connectivity index (χ0) is 10.7. The van der Waals surface area contributed by atoms with Gasteiger partial charge in [0.25, 0.3) is 0 Å². The van der Waals surface area contributed by atoms with Crippen LogP contribution in [0.4, 0.5) is 0 Å². The molecule has 0 bridgehead atoms. The highest BCUT2D eigenvalue weighted by molar-refractivity contribution is 5.39. The lowest BCUT2D eigenvalue weighted by Crippen LogP contribution is -2.02. The van der Waals surface area contributed by atoms with Crippen molar-refractivity contribution < 1.29 is 4.42 Å². The van der Waals surface area contributed by atoms with Gasteiger partial charge in [-0.05, 0) is 38.7 Å². The molecule has 1 aliphatic carbocycles. The minimum absolute atomic E-state index is 0.742. The highest BCUT2D eigenvalue weighted by Crippen LogP contribution is 2.25. The van der Waals surface area contributed by atoms with Gasteiger partial charge >= 0.3 is 0 Å². The van der Waals surface area contributed by atoms with Gasteiger partial charge in [-0.15, -0.1) is 0 Å². The van der Waals surface area contributed by atoms with Gasteiger partial charge in [-0.25, -0.2) is 4.98 Å². The molecule has 0 N–H and O–H groups in total. The summed E-state index contributed by atoms with van der Waals surface area (Å²) in [5, 5.41) is 0. The van der Waals surface area contributed by atoms with E-state index in [1.807, 2.05) is 19.9 Å². The molecule has 1 saturated carbocycles. The molecule has 2 heteroatoms. The molecule has 0 saturated heterocycles. The fourth-order valence-electron chi connectivity index (χ4n) is 2.11. The van der Waals surface area contributed by atoms with Crippen LogP contribution < -0.4 is 0 Å². The Hall–Kier alpha value is -1.05. The number of oxazole rings is 1. The first kappa shape index (κ1) is 10.5. The number of aromatic nitrogens is 1. The highest BCUT2D eigenvalue weighted by atomic mass is 16.4. The Morgan fingerprint density at radius 1 is 1.20 bits per heavy atom. The van der Waals surface area contributed by atoms with Crippen LogP contribution in [0.25, 0.3) is 6.08 Å². The van der Waals surface area contributed by atoms with Crippen molar-refractivity contribution >= 4 is 6.08 Å². The summed E-state index contributed by atoms with van der Waals surface area (Å²) in [4.78, 5) is 4.34. The average molecular weight is 205 g/mol. The second-order valence-corrected chi connectivity index (χ2v) is 4.45. The lowest BCUT2D eigenvalue weighted by Gasteiger charge is -2.17. The van der Waals surface area contributed by atoms with Crippen molar-refractivity contribution in [2.75, 3.05) is 0 Å². The molecule has 2 nitrogen and oxygen atoms in total. The molecule has 82 valence electrons. The summed E-state index contributed by atoms with van der Waals surface area (Å²) in [6.45, 7) is 3.94. The predicted octanol–water partition coefficient (Wildman–Crippen LogP) is 3.88. The van der Waals surface area contributed by atoms with E-state index < -0.39 is 0 Å². The van der Waals surface area contributed by atoms with E-state index in [-0.39, 0.29) is 0 Å². The summed E-state index contributed by atoms with van der Waals surface area (Å²) in [7, 11) is 0. The van der Waals surface area contributed by atoms with Gasteiger partial charge in [-0.2, -0.15) is 0 Å². The van der Waals surface area contributed by atoms with E-state index in [0.717, 1.165) is 23.3 Å². The molecule has 1 heterocycles. The quantitative estimate of drug-likeness (QED) is 0.732. The van der Waals surface area contributed by atoms with E-state index in [1.54, 1.807) is 0 Å². The van der Waals surface area contributed by atoms with Crippen molar-refractivity contribution in [1.29, 1.82) is 0 Å². The molecule has 1 aromatic rings. The van der Waals surface area contributed by atoms with Crippen LogP contribution >= 0.6 is 0 Å². The molecular weight excluding hydrogens is 186 g/mol. The topological polar surface area (TPSA) is 26.0 Å². The minimum Gasteiger partial charge on any atom is -0.442 e. The summed E-state index contributed by atoms with van der Waals surface area (Å²) in [5.41, 5.74) is 0.998. The number of rotatable bonds is 2. The zero-order valence-corrected chi connectivity index (χ0v) is 9.62. The van der Waals surface area contributed by atoms with Gasteiger partial charge in [0.15, 0.2) is 0 Å². The molecule has 1 aliphatic rings. The molecular formula is C13H19NO. The lowest BCUT2D eigenvalue weighted by atomic mass is 9.89. The average Bonchev–Trinajstić information content (AvgIpc) is 2.57. The first-order valence-electron chi connectivity index (χ1n) is 5.88. The maximum absolute atomic E-state index is 5.51. The van der Waals surface area contributed by atoms with Crippen molar-refractivity contribution in [3.63, 3.8) is 0 Å². The first-order valence-corrected chi connectivity index (χ1v) is 5.88. The minimum atomic E-state index is 0.742. The van der Waals surface area contributed by atoms with Crippen LogP contribution in [-0.4, -0.2) is 4.98 Å². The fourth-order valence-corrected chi connectivity index (χ4v) is 2.11. The zero-order valence-electron chi connectivity index (χ0n) is 9.62. The van der Waals surface area contributed by atoms with Crippen molar-refractivity contribution in [3.8, 4) is 0 Å². The molecule has 0 radical (unpaired) electrons. The normalized spacial score (nSPS) is 18.8. The standard InChI is InChI=1S/C13H19NO/c1-10-11(2)15-13(14-10)9-8-12-6-4-3-5-7-12/h8-9,12H,3-7H2,1-2H3. The summed E-state index contributed by atoms with van der Waals surface area (Å²) >= 11 is 0. The van der Waals surface area contributed by atoms with E-state index >= 15 is 0 Å². The largest absolute Gasteiger partial charge is 0.442 e. The van der Waals surface area contributed by atoms with Gasteiger partial charge in [0.05, 0.1) is 5.69 Å². The van der Waals surface area contributed by atoms with Gasteiger partial charge in [0.1, 0.15) is 5.76 Å². The predicted molar refractivity (Wildman–Crippen MR) is 61.6 cm³/mol. The van der Waals surface area contributed by atoms with Crippen LogP contribution in [-0.2, 0) is 0 Å². The van der Waals surface area contributed by atoms with Crippen LogP contribution in [0.2, 0.25) is 0 Å². The molecule has 0 unspecified atom stereocenters. The first-order chi connectivity index (χ1) is 7.25. The number of allylic oxidation sites excluding steroid dienone is 1. The third-order valence-corrected chi connectivity index (χ3v) is 3.21. The van der Waals surface area contributed by atoms with Crippen LogP contribution in [0, 0.1) is 19.8 Å². The Morgan fingerprint density at radius 2 is 1.93 bits per heavy atom. The molecule has 2 rings (SSSR count). The summed E-state index contributed by atoms with van der Waals surface area (Å²) < 4.78 is 5.51. The van der Waals surface area contributed by atoms with E-state index in [9.17, 15) is 0 Å². The van der Waals surface area contributed by atoms with Gasteiger partial charge in [-0.3, -0.25) is 0 Å². The van der Waals surface area contributed by atoms with Crippen LogP contribution in [0.5, 0.6) is 0 Å². The molecule has 0 aliphatic heterocycles.